The standard InChI is InChI=1S/C25H35N5OSi/c1-25(2,3)32(4,5)31-18-19-7-6-8-22(15-19)30-24-16-20(11-13-27-24)21-9-10-23(29-17-21)28-14-12-26/h6-11,13,15-17H,12,14,18,26H2,1-5H3,(H,27,30)(H,28,29). The largest absolute Gasteiger partial charge is 0.413 e. The molecule has 7 heteroatoms. The zero-order valence-electron chi connectivity index (χ0n) is 19.8. The van der Waals surface area contributed by atoms with Gasteiger partial charge in [0.15, 0.2) is 8.32 Å². The van der Waals surface area contributed by atoms with Crippen LogP contribution in [0.3, 0.4) is 0 Å². The van der Waals surface area contributed by atoms with Crippen molar-refractivity contribution in [3.05, 3.63) is 66.5 Å². The quantitative estimate of drug-likeness (QED) is 0.359. The second kappa shape index (κ2) is 10.2. The first-order chi connectivity index (χ1) is 15.2. The fraction of sp³-hybridized carbons (Fsp3) is 0.360. The van der Waals surface area contributed by atoms with Crippen molar-refractivity contribution in [2.45, 2.75) is 45.5 Å². The maximum Gasteiger partial charge on any atom is 0.192 e. The molecule has 0 saturated heterocycles. The first kappa shape index (κ1) is 23.9. The molecule has 0 aliphatic rings. The lowest BCUT2D eigenvalue weighted by atomic mass is 10.1. The minimum Gasteiger partial charge on any atom is -0.413 e. The SMILES string of the molecule is CC(C)(C)[Si](C)(C)OCc1cccc(Nc2cc(-c3ccc(NCCN)nc3)ccn2)c1. The smallest absolute Gasteiger partial charge is 0.192 e. The van der Waals surface area contributed by atoms with Crippen LogP contribution >= 0.6 is 0 Å². The van der Waals surface area contributed by atoms with Gasteiger partial charge in [0, 0.05) is 36.7 Å². The van der Waals surface area contributed by atoms with Gasteiger partial charge in [-0.2, -0.15) is 0 Å². The normalized spacial score (nSPS) is 11.9. The lowest BCUT2D eigenvalue weighted by molar-refractivity contribution is 0.276. The van der Waals surface area contributed by atoms with Crippen LogP contribution in [0.25, 0.3) is 11.1 Å². The monoisotopic (exact) mass is 449 g/mol. The van der Waals surface area contributed by atoms with Gasteiger partial charge in [0.25, 0.3) is 0 Å². The summed E-state index contributed by atoms with van der Waals surface area (Å²) < 4.78 is 6.37. The topological polar surface area (TPSA) is 85.1 Å². The van der Waals surface area contributed by atoms with E-state index in [-0.39, 0.29) is 5.04 Å². The van der Waals surface area contributed by atoms with Crippen LogP contribution in [0.15, 0.2) is 60.9 Å². The van der Waals surface area contributed by atoms with E-state index in [1.54, 1.807) is 0 Å². The molecule has 0 radical (unpaired) electrons. The van der Waals surface area contributed by atoms with Crippen molar-refractivity contribution in [1.29, 1.82) is 0 Å². The zero-order chi connectivity index (χ0) is 23.2. The van der Waals surface area contributed by atoms with E-state index in [0.717, 1.165) is 34.0 Å². The maximum atomic E-state index is 6.37. The summed E-state index contributed by atoms with van der Waals surface area (Å²) in [6.45, 7) is 13.2. The zero-order valence-corrected chi connectivity index (χ0v) is 20.8. The Hall–Kier alpha value is -2.74. The Kier molecular flexibility index (Phi) is 7.66. The van der Waals surface area contributed by atoms with Crippen molar-refractivity contribution >= 4 is 25.6 Å². The van der Waals surface area contributed by atoms with Crippen LogP contribution in [0.1, 0.15) is 26.3 Å². The summed E-state index contributed by atoms with van der Waals surface area (Å²) in [4.78, 5) is 8.94. The van der Waals surface area contributed by atoms with Gasteiger partial charge in [-0.1, -0.05) is 32.9 Å². The molecule has 0 atom stereocenters. The second-order valence-electron chi connectivity index (χ2n) is 9.45. The number of hydrogen-bond acceptors (Lipinski definition) is 6. The van der Waals surface area contributed by atoms with Gasteiger partial charge in [-0.15, -0.1) is 0 Å². The Morgan fingerprint density at radius 1 is 0.969 bits per heavy atom. The molecule has 0 aliphatic heterocycles. The van der Waals surface area contributed by atoms with E-state index in [4.69, 9.17) is 10.2 Å². The molecule has 1 aromatic carbocycles. The molecule has 170 valence electrons. The summed E-state index contributed by atoms with van der Waals surface area (Å²) in [5, 5.41) is 6.80. The number of anilines is 3. The maximum absolute atomic E-state index is 6.37. The minimum absolute atomic E-state index is 0.195. The number of rotatable bonds is 9. The Balaban J connectivity index is 1.68. The number of pyridine rings is 2. The lowest BCUT2D eigenvalue weighted by Gasteiger charge is -2.36. The Morgan fingerprint density at radius 3 is 2.47 bits per heavy atom. The summed E-state index contributed by atoms with van der Waals surface area (Å²) in [6.07, 6.45) is 3.67. The van der Waals surface area contributed by atoms with E-state index < -0.39 is 8.32 Å². The van der Waals surface area contributed by atoms with Gasteiger partial charge in [-0.3, -0.25) is 0 Å². The molecule has 0 amide bonds. The van der Waals surface area contributed by atoms with Crippen LogP contribution in [0.5, 0.6) is 0 Å². The van der Waals surface area contributed by atoms with Crippen LogP contribution in [0.2, 0.25) is 18.1 Å². The van der Waals surface area contributed by atoms with Gasteiger partial charge in [-0.25, -0.2) is 9.97 Å². The van der Waals surface area contributed by atoms with Crippen LogP contribution in [-0.2, 0) is 11.0 Å². The van der Waals surface area contributed by atoms with Gasteiger partial charge < -0.3 is 20.8 Å². The van der Waals surface area contributed by atoms with Gasteiger partial charge >= 0.3 is 0 Å². The first-order valence-electron chi connectivity index (χ1n) is 11.0. The number of benzene rings is 1. The minimum atomic E-state index is -1.79. The van der Waals surface area contributed by atoms with Crippen molar-refractivity contribution in [3.63, 3.8) is 0 Å². The summed E-state index contributed by atoms with van der Waals surface area (Å²) >= 11 is 0. The van der Waals surface area contributed by atoms with Crippen LogP contribution in [0.4, 0.5) is 17.3 Å². The predicted octanol–water partition coefficient (Wildman–Crippen LogP) is 5.78. The van der Waals surface area contributed by atoms with Crippen molar-refractivity contribution in [2.24, 2.45) is 5.73 Å². The van der Waals surface area contributed by atoms with E-state index in [1.165, 1.54) is 0 Å². The molecule has 4 N–H and O–H groups in total. The number of nitrogens with one attached hydrogen (secondary N) is 2. The molecule has 0 aliphatic carbocycles. The highest BCUT2D eigenvalue weighted by Crippen LogP contribution is 2.37. The van der Waals surface area contributed by atoms with Gasteiger partial charge in [0.1, 0.15) is 11.6 Å². The van der Waals surface area contributed by atoms with Crippen molar-refractivity contribution in [3.8, 4) is 11.1 Å². The third-order valence-electron chi connectivity index (χ3n) is 5.91. The van der Waals surface area contributed by atoms with Crippen LogP contribution < -0.4 is 16.4 Å². The summed E-state index contributed by atoms with van der Waals surface area (Å²) in [6, 6.07) is 16.3. The molecule has 0 saturated carbocycles. The molecule has 0 unspecified atom stereocenters. The van der Waals surface area contributed by atoms with Crippen LogP contribution in [0, 0.1) is 0 Å². The van der Waals surface area contributed by atoms with Gasteiger partial charge in [0.05, 0.1) is 6.61 Å². The van der Waals surface area contributed by atoms with Crippen LogP contribution in [-0.4, -0.2) is 31.4 Å². The Bertz CT molecular complexity index is 1020. The van der Waals surface area contributed by atoms with Crippen molar-refractivity contribution in [1.82, 2.24) is 9.97 Å². The van der Waals surface area contributed by atoms with E-state index in [9.17, 15) is 0 Å². The fourth-order valence-corrected chi connectivity index (χ4v) is 3.88. The summed E-state index contributed by atoms with van der Waals surface area (Å²) in [5.41, 5.74) is 9.76. The summed E-state index contributed by atoms with van der Waals surface area (Å²) in [5.74, 6) is 1.61. The second-order valence-corrected chi connectivity index (χ2v) is 14.3. The predicted molar refractivity (Wildman–Crippen MR) is 137 cm³/mol. The number of aromatic nitrogens is 2. The molecule has 3 aromatic rings. The average Bonchev–Trinajstić information content (AvgIpc) is 2.76. The third-order valence-corrected chi connectivity index (χ3v) is 10.4. The summed E-state index contributed by atoms with van der Waals surface area (Å²) in [7, 11) is -1.79. The van der Waals surface area contributed by atoms with Gasteiger partial charge in [0.2, 0.25) is 0 Å². The highest BCUT2D eigenvalue weighted by Gasteiger charge is 2.37. The fourth-order valence-electron chi connectivity index (χ4n) is 2.91. The number of nitrogens with zero attached hydrogens (tertiary/aromatic N) is 2. The molecular weight excluding hydrogens is 414 g/mol. The van der Waals surface area contributed by atoms with Crippen molar-refractivity contribution in [2.75, 3.05) is 23.7 Å². The van der Waals surface area contributed by atoms with Gasteiger partial charge in [-0.05, 0) is 65.7 Å². The van der Waals surface area contributed by atoms with E-state index >= 15 is 0 Å². The molecule has 2 heterocycles. The van der Waals surface area contributed by atoms with Crippen molar-refractivity contribution < 1.29 is 4.43 Å². The molecule has 2 aromatic heterocycles. The molecule has 3 rings (SSSR count). The first-order valence-corrected chi connectivity index (χ1v) is 14.0. The average molecular weight is 450 g/mol. The highest BCUT2D eigenvalue weighted by atomic mass is 28.4. The lowest BCUT2D eigenvalue weighted by Crippen LogP contribution is -2.40. The molecule has 32 heavy (non-hydrogen) atoms. The molecule has 0 spiro atoms. The molecule has 6 nitrogen and oxygen atoms in total. The highest BCUT2D eigenvalue weighted by molar-refractivity contribution is 6.74. The van der Waals surface area contributed by atoms with E-state index in [1.807, 2.05) is 48.8 Å². The van der Waals surface area contributed by atoms with E-state index in [0.29, 0.717) is 19.7 Å². The number of hydrogen-bond donors (Lipinski definition) is 3. The molecule has 0 fully saturated rings. The number of nitrogens with two attached hydrogens (primary N) is 1. The molecule has 0 bridgehead atoms. The molecular formula is C25H35N5OSi. The van der Waals surface area contributed by atoms with E-state index in [2.05, 4.69) is 66.6 Å². The third kappa shape index (κ3) is 6.38. The Labute approximate surface area is 192 Å². The Morgan fingerprint density at radius 2 is 1.78 bits per heavy atom.